The molecule has 1 N–H and O–H groups in total. The van der Waals surface area contributed by atoms with Crippen molar-refractivity contribution < 1.29 is 14.3 Å². The molecule has 3 aromatic rings. The van der Waals surface area contributed by atoms with Crippen molar-refractivity contribution in [3.63, 3.8) is 0 Å². The lowest BCUT2D eigenvalue weighted by molar-refractivity contribution is 0.102. The SMILES string of the molecule is CN(C(=O)Oc1ccc(NC(=O)c2ccc(CCN3CCCCC3)cc2)cn1)c1ccccc1. The Labute approximate surface area is 200 Å². The van der Waals surface area contributed by atoms with Crippen LogP contribution >= 0.6 is 0 Å². The fourth-order valence-electron chi connectivity index (χ4n) is 3.93. The van der Waals surface area contributed by atoms with Gasteiger partial charge in [0.15, 0.2) is 0 Å². The zero-order valence-corrected chi connectivity index (χ0v) is 19.4. The van der Waals surface area contributed by atoms with Crippen molar-refractivity contribution in [2.75, 3.05) is 36.9 Å². The summed E-state index contributed by atoms with van der Waals surface area (Å²) in [6.45, 7) is 3.45. The summed E-state index contributed by atoms with van der Waals surface area (Å²) in [6.07, 6.45) is 5.84. The van der Waals surface area contributed by atoms with Crippen LogP contribution in [0.1, 0.15) is 35.2 Å². The summed E-state index contributed by atoms with van der Waals surface area (Å²) < 4.78 is 5.31. The number of nitrogens with zero attached hydrogens (tertiary/aromatic N) is 3. The normalized spacial score (nSPS) is 13.8. The first-order valence-corrected chi connectivity index (χ1v) is 11.7. The highest BCUT2D eigenvalue weighted by atomic mass is 16.6. The largest absolute Gasteiger partial charge is 0.420 e. The van der Waals surface area contributed by atoms with E-state index in [4.69, 9.17) is 4.74 Å². The molecule has 0 bridgehead atoms. The van der Waals surface area contributed by atoms with Crippen LogP contribution in [0.4, 0.5) is 16.2 Å². The van der Waals surface area contributed by atoms with Gasteiger partial charge in [-0.1, -0.05) is 36.8 Å². The van der Waals surface area contributed by atoms with Crippen LogP contribution in [0.25, 0.3) is 0 Å². The summed E-state index contributed by atoms with van der Waals surface area (Å²) in [5.74, 6) is -0.0539. The highest BCUT2D eigenvalue weighted by molar-refractivity contribution is 6.04. The van der Waals surface area contributed by atoms with Crippen LogP contribution < -0.4 is 15.0 Å². The van der Waals surface area contributed by atoms with Crippen molar-refractivity contribution in [3.8, 4) is 5.88 Å². The van der Waals surface area contributed by atoms with Gasteiger partial charge in [0, 0.05) is 30.9 Å². The zero-order chi connectivity index (χ0) is 23.8. The van der Waals surface area contributed by atoms with E-state index in [9.17, 15) is 9.59 Å². The van der Waals surface area contributed by atoms with Crippen LogP contribution in [0.5, 0.6) is 5.88 Å². The van der Waals surface area contributed by atoms with Gasteiger partial charge >= 0.3 is 6.09 Å². The maximum atomic E-state index is 12.6. The molecule has 0 radical (unpaired) electrons. The molecule has 0 atom stereocenters. The Balaban J connectivity index is 1.27. The number of carbonyl (C=O) groups is 2. The van der Waals surface area contributed by atoms with Crippen LogP contribution in [0.3, 0.4) is 0 Å². The minimum Gasteiger partial charge on any atom is -0.391 e. The Morgan fingerprint density at radius 2 is 1.71 bits per heavy atom. The van der Waals surface area contributed by atoms with Gasteiger partial charge in [0.25, 0.3) is 5.91 Å². The predicted molar refractivity (Wildman–Crippen MR) is 133 cm³/mol. The van der Waals surface area contributed by atoms with Gasteiger partial charge in [0.05, 0.1) is 11.9 Å². The minimum absolute atomic E-state index is 0.156. The second kappa shape index (κ2) is 11.4. The van der Waals surface area contributed by atoms with Crippen LogP contribution in [0, 0.1) is 0 Å². The summed E-state index contributed by atoms with van der Waals surface area (Å²) in [6, 6.07) is 20.1. The van der Waals surface area contributed by atoms with Gasteiger partial charge in [-0.05, 0) is 68.2 Å². The minimum atomic E-state index is -0.545. The molecular formula is C27H30N4O3. The fraction of sp³-hybridized carbons (Fsp3) is 0.296. The third-order valence-corrected chi connectivity index (χ3v) is 5.98. The molecule has 0 unspecified atom stereocenters. The third kappa shape index (κ3) is 6.42. The number of benzene rings is 2. The first-order valence-electron chi connectivity index (χ1n) is 11.7. The number of para-hydroxylation sites is 1. The van der Waals surface area contributed by atoms with Crippen LogP contribution in [-0.2, 0) is 6.42 Å². The summed E-state index contributed by atoms with van der Waals surface area (Å²) >= 11 is 0. The maximum absolute atomic E-state index is 12.6. The van der Waals surface area contributed by atoms with E-state index >= 15 is 0 Å². The van der Waals surface area contributed by atoms with Crippen molar-refractivity contribution in [1.82, 2.24) is 9.88 Å². The molecule has 4 rings (SSSR count). The molecule has 1 fully saturated rings. The quantitative estimate of drug-likeness (QED) is 0.539. The predicted octanol–water partition coefficient (Wildman–Crippen LogP) is 5.00. The smallest absolute Gasteiger partial charge is 0.391 e. The number of piperidine rings is 1. The van der Waals surface area contributed by atoms with Gasteiger partial charge in [0.1, 0.15) is 0 Å². The van der Waals surface area contributed by atoms with Gasteiger partial charge in [-0.3, -0.25) is 9.69 Å². The summed E-state index contributed by atoms with van der Waals surface area (Å²) in [5, 5.41) is 2.83. The molecule has 176 valence electrons. The van der Waals surface area contributed by atoms with E-state index in [1.54, 1.807) is 19.2 Å². The molecule has 2 amide bonds. The average Bonchev–Trinajstić information content (AvgIpc) is 2.89. The number of pyridine rings is 1. The standard InChI is InChI=1S/C27H30N4O3/c1-30(24-8-4-2-5-9-24)27(33)34-25-15-14-23(20-28-25)29-26(32)22-12-10-21(11-13-22)16-19-31-17-6-3-7-18-31/h2,4-5,8-15,20H,3,6-7,16-19H2,1H3,(H,29,32). The van der Waals surface area contributed by atoms with Crippen LogP contribution in [-0.4, -0.2) is 48.6 Å². The number of carbonyl (C=O) groups excluding carboxylic acids is 2. The van der Waals surface area contributed by atoms with Crippen molar-refractivity contribution in [2.24, 2.45) is 0 Å². The van der Waals surface area contributed by atoms with E-state index in [0.29, 0.717) is 16.9 Å². The number of ether oxygens (including phenoxy) is 1. The number of hydrogen-bond donors (Lipinski definition) is 1. The van der Waals surface area contributed by atoms with E-state index in [-0.39, 0.29) is 11.8 Å². The molecule has 7 heteroatoms. The molecule has 0 saturated carbocycles. The van der Waals surface area contributed by atoms with Gasteiger partial charge < -0.3 is 15.0 Å². The zero-order valence-electron chi connectivity index (χ0n) is 19.4. The number of anilines is 2. The molecule has 1 aliphatic heterocycles. The molecule has 2 heterocycles. The van der Waals surface area contributed by atoms with Gasteiger partial charge in [-0.2, -0.15) is 0 Å². The number of aromatic nitrogens is 1. The van der Waals surface area contributed by atoms with Crippen molar-refractivity contribution in [2.45, 2.75) is 25.7 Å². The lowest BCUT2D eigenvalue weighted by Gasteiger charge is -2.26. The topological polar surface area (TPSA) is 74.8 Å². The Hall–Kier alpha value is -3.71. The fourth-order valence-corrected chi connectivity index (χ4v) is 3.93. The molecule has 1 aromatic heterocycles. The average molecular weight is 459 g/mol. The molecule has 1 saturated heterocycles. The van der Waals surface area contributed by atoms with E-state index in [1.165, 1.54) is 49.0 Å². The van der Waals surface area contributed by atoms with E-state index < -0.39 is 6.09 Å². The van der Waals surface area contributed by atoms with Crippen molar-refractivity contribution in [1.29, 1.82) is 0 Å². The maximum Gasteiger partial charge on any atom is 0.420 e. The number of rotatable bonds is 7. The Kier molecular flexibility index (Phi) is 7.88. The molecule has 0 aliphatic carbocycles. The van der Waals surface area contributed by atoms with Gasteiger partial charge in [-0.15, -0.1) is 0 Å². The molecule has 0 spiro atoms. The molecule has 34 heavy (non-hydrogen) atoms. The third-order valence-electron chi connectivity index (χ3n) is 5.98. The van der Waals surface area contributed by atoms with Crippen LogP contribution in [0.2, 0.25) is 0 Å². The van der Waals surface area contributed by atoms with Crippen molar-refractivity contribution >= 4 is 23.4 Å². The van der Waals surface area contributed by atoms with Gasteiger partial charge in [-0.25, -0.2) is 9.78 Å². The lowest BCUT2D eigenvalue weighted by atomic mass is 10.1. The Morgan fingerprint density at radius 1 is 0.971 bits per heavy atom. The number of hydrogen-bond acceptors (Lipinski definition) is 5. The molecule has 2 aromatic carbocycles. The second-order valence-corrected chi connectivity index (χ2v) is 8.45. The van der Waals surface area contributed by atoms with Crippen molar-refractivity contribution in [3.05, 3.63) is 84.1 Å². The Bertz CT molecular complexity index is 1080. The summed E-state index contributed by atoms with van der Waals surface area (Å²) in [7, 11) is 1.63. The summed E-state index contributed by atoms with van der Waals surface area (Å²) in [4.78, 5) is 33.0. The van der Waals surface area contributed by atoms with Gasteiger partial charge in [0.2, 0.25) is 5.88 Å². The number of likely N-dealkylation sites (tertiary alicyclic amines) is 1. The number of amides is 2. The Morgan fingerprint density at radius 3 is 2.38 bits per heavy atom. The van der Waals surface area contributed by atoms with E-state index in [2.05, 4.69) is 15.2 Å². The number of nitrogens with one attached hydrogen (secondary N) is 1. The first kappa shape index (κ1) is 23.4. The second-order valence-electron chi connectivity index (χ2n) is 8.45. The first-order chi connectivity index (χ1) is 16.6. The van der Waals surface area contributed by atoms with E-state index in [0.717, 1.165) is 13.0 Å². The summed E-state index contributed by atoms with van der Waals surface area (Å²) in [5.41, 5.74) is 3.06. The van der Waals surface area contributed by atoms with E-state index in [1.807, 2.05) is 54.6 Å². The highest BCUT2D eigenvalue weighted by Gasteiger charge is 2.14. The lowest BCUT2D eigenvalue weighted by Crippen LogP contribution is -2.31. The molecular weight excluding hydrogens is 428 g/mol. The molecule has 7 nitrogen and oxygen atoms in total. The van der Waals surface area contributed by atoms with Crippen LogP contribution in [0.15, 0.2) is 72.9 Å². The monoisotopic (exact) mass is 458 g/mol. The molecule has 1 aliphatic rings. The highest BCUT2D eigenvalue weighted by Crippen LogP contribution is 2.17.